The Hall–Kier alpha value is -2.18. The lowest BCUT2D eigenvalue weighted by Crippen LogP contribution is -2.44. The Bertz CT molecular complexity index is 1060. The summed E-state index contributed by atoms with van der Waals surface area (Å²) in [5, 5.41) is 0. The Morgan fingerprint density at radius 1 is 0.742 bits per heavy atom. The molecule has 1 fully saturated rings. The first-order valence-electron chi connectivity index (χ1n) is 10.4. The Morgan fingerprint density at radius 2 is 1.06 bits per heavy atom. The summed E-state index contributed by atoms with van der Waals surface area (Å²) in [5.74, 6) is -0.202. The van der Waals surface area contributed by atoms with Crippen molar-refractivity contribution in [3.63, 3.8) is 0 Å². The number of rotatable bonds is 8. The van der Waals surface area contributed by atoms with Gasteiger partial charge in [-0.3, -0.25) is 0 Å². The molecule has 0 aromatic heterocycles. The molecule has 0 unspecified atom stereocenters. The molecule has 4 nitrogen and oxygen atoms in total. The van der Waals surface area contributed by atoms with E-state index in [2.05, 4.69) is 13.2 Å². The number of hydrogen-bond acceptors (Lipinski definition) is 4. The number of hydrogen-bond donors (Lipinski definition) is 0. The third-order valence-corrected chi connectivity index (χ3v) is 12.1. The van der Waals surface area contributed by atoms with Crippen LogP contribution in [0.1, 0.15) is 36.8 Å². The molecule has 2 atom stereocenters. The van der Waals surface area contributed by atoms with E-state index in [4.69, 9.17) is 0 Å². The number of sulfone groups is 2. The highest BCUT2D eigenvalue weighted by molar-refractivity contribution is 8.10. The zero-order chi connectivity index (χ0) is 22.9. The Morgan fingerprint density at radius 3 is 1.35 bits per heavy atom. The van der Waals surface area contributed by atoms with Gasteiger partial charge >= 0.3 is 0 Å². The minimum absolute atomic E-state index is 0.0456. The molecular weight excluding hydrogens is 428 g/mol. The van der Waals surface area contributed by atoms with Crippen LogP contribution in [0.3, 0.4) is 0 Å². The highest BCUT2D eigenvalue weighted by Crippen LogP contribution is 2.53. The lowest BCUT2D eigenvalue weighted by atomic mass is 9.90. The van der Waals surface area contributed by atoms with Crippen LogP contribution in [0, 0.1) is 25.7 Å². The number of aryl methyl sites for hydroxylation is 2. The van der Waals surface area contributed by atoms with Gasteiger partial charge in [0.25, 0.3) is 0 Å². The molecular formula is C25H30O4S2. The van der Waals surface area contributed by atoms with Gasteiger partial charge in [0.2, 0.25) is 0 Å². The summed E-state index contributed by atoms with van der Waals surface area (Å²) in [7, 11) is -8.38. The second kappa shape index (κ2) is 8.75. The number of benzene rings is 2. The molecule has 1 saturated carbocycles. The van der Waals surface area contributed by atoms with Gasteiger partial charge in [-0.05, 0) is 75.6 Å². The molecule has 6 heteroatoms. The smallest absolute Gasteiger partial charge is 0.198 e. The monoisotopic (exact) mass is 458 g/mol. The lowest BCUT2D eigenvalue weighted by molar-refractivity contribution is 0.395. The topological polar surface area (TPSA) is 68.3 Å². The standard InChI is InChI=1S/C25H30O4S2/c1-5-7-21-17-25(18-22(21)8-6-2,30(26,27)23-13-9-19(3)10-14-23)31(28,29)24-15-11-20(4)12-16-24/h5-6,9-16,21-22H,1-2,7-8,17-18H2,3-4H3/t21-,22+. The van der Waals surface area contributed by atoms with Crippen molar-refractivity contribution in [2.24, 2.45) is 11.8 Å². The fourth-order valence-electron chi connectivity index (χ4n) is 4.64. The van der Waals surface area contributed by atoms with Crippen molar-refractivity contribution in [2.75, 3.05) is 0 Å². The average molecular weight is 459 g/mol. The van der Waals surface area contributed by atoms with Crippen molar-refractivity contribution in [3.8, 4) is 0 Å². The molecule has 0 saturated heterocycles. The summed E-state index contributed by atoms with van der Waals surface area (Å²) < 4.78 is 54.2. The van der Waals surface area contributed by atoms with Crippen LogP contribution in [0.4, 0.5) is 0 Å². The fraction of sp³-hybridized carbons (Fsp3) is 0.360. The lowest BCUT2D eigenvalue weighted by Gasteiger charge is -2.29. The molecule has 0 radical (unpaired) electrons. The van der Waals surface area contributed by atoms with Crippen LogP contribution >= 0.6 is 0 Å². The summed E-state index contributed by atoms with van der Waals surface area (Å²) in [6.07, 6.45) is 4.70. The van der Waals surface area contributed by atoms with Crippen molar-refractivity contribution >= 4 is 19.7 Å². The van der Waals surface area contributed by atoms with Crippen molar-refractivity contribution in [3.05, 3.63) is 85.0 Å². The Kier molecular flexibility index (Phi) is 6.63. The molecule has 31 heavy (non-hydrogen) atoms. The van der Waals surface area contributed by atoms with E-state index >= 15 is 0 Å². The van der Waals surface area contributed by atoms with Crippen molar-refractivity contribution in [1.82, 2.24) is 0 Å². The molecule has 0 heterocycles. The minimum Gasteiger partial charge on any atom is -0.222 e. The van der Waals surface area contributed by atoms with Gasteiger partial charge in [0.05, 0.1) is 9.79 Å². The zero-order valence-electron chi connectivity index (χ0n) is 18.1. The largest absolute Gasteiger partial charge is 0.222 e. The van der Waals surface area contributed by atoms with Gasteiger partial charge in [-0.2, -0.15) is 0 Å². The predicted octanol–water partition coefficient (Wildman–Crippen LogP) is 5.43. The summed E-state index contributed by atoms with van der Waals surface area (Å²) in [6.45, 7) is 11.3. The van der Waals surface area contributed by atoms with E-state index in [9.17, 15) is 16.8 Å². The summed E-state index contributed by atoms with van der Waals surface area (Å²) >= 11 is 0. The van der Waals surface area contributed by atoms with Gasteiger partial charge in [0, 0.05) is 0 Å². The average Bonchev–Trinajstić information content (AvgIpc) is 3.10. The van der Waals surface area contributed by atoms with E-state index in [1.165, 1.54) is 24.3 Å². The van der Waals surface area contributed by atoms with Gasteiger partial charge in [-0.1, -0.05) is 47.5 Å². The quantitative estimate of drug-likeness (QED) is 0.495. The predicted molar refractivity (Wildman–Crippen MR) is 125 cm³/mol. The molecule has 1 aliphatic rings. The van der Waals surface area contributed by atoms with Crippen LogP contribution in [0.15, 0.2) is 83.6 Å². The second-order valence-corrected chi connectivity index (χ2v) is 13.3. The van der Waals surface area contributed by atoms with Crippen LogP contribution < -0.4 is 0 Å². The van der Waals surface area contributed by atoms with Crippen LogP contribution in [-0.2, 0) is 19.7 Å². The first kappa shape index (κ1) is 23.5. The van der Waals surface area contributed by atoms with E-state index in [0.717, 1.165) is 11.1 Å². The molecule has 1 aliphatic carbocycles. The van der Waals surface area contributed by atoms with E-state index in [1.54, 1.807) is 36.4 Å². The fourth-order valence-corrected chi connectivity index (χ4v) is 9.96. The molecule has 0 spiro atoms. The zero-order valence-corrected chi connectivity index (χ0v) is 19.8. The highest BCUT2D eigenvalue weighted by atomic mass is 32.3. The summed E-state index contributed by atoms with van der Waals surface area (Å²) in [6, 6.07) is 12.9. The first-order valence-corrected chi connectivity index (χ1v) is 13.4. The van der Waals surface area contributed by atoms with Gasteiger partial charge in [0.1, 0.15) is 0 Å². The number of allylic oxidation sites excluding steroid dienone is 2. The van der Waals surface area contributed by atoms with Gasteiger partial charge in [-0.25, -0.2) is 16.8 Å². The molecule has 0 amide bonds. The maximum atomic E-state index is 14.0. The second-order valence-electron chi connectivity index (χ2n) is 8.52. The van der Waals surface area contributed by atoms with Crippen molar-refractivity contribution < 1.29 is 16.8 Å². The molecule has 0 aliphatic heterocycles. The Labute approximate surface area is 186 Å². The maximum Gasteiger partial charge on any atom is 0.198 e. The maximum absolute atomic E-state index is 14.0. The van der Waals surface area contributed by atoms with Gasteiger partial charge < -0.3 is 0 Å². The highest BCUT2D eigenvalue weighted by Gasteiger charge is 2.62. The van der Waals surface area contributed by atoms with Gasteiger partial charge in [0.15, 0.2) is 23.8 Å². The van der Waals surface area contributed by atoms with Crippen LogP contribution in [0.25, 0.3) is 0 Å². The SMILES string of the molecule is C=CC[C@@H]1CC(S(=O)(=O)c2ccc(C)cc2)(S(=O)(=O)c2ccc(C)cc2)C[C@@H]1CC=C. The van der Waals surface area contributed by atoms with E-state index < -0.39 is 23.8 Å². The normalized spacial score (nSPS) is 21.0. The molecule has 2 aromatic rings. The van der Waals surface area contributed by atoms with E-state index in [0.29, 0.717) is 12.8 Å². The van der Waals surface area contributed by atoms with Crippen molar-refractivity contribution in [2.45, 2.75) is 53.4 Å². The van der Waals surface area contributed by atoms with Crippen LogP contribution in [-0.4, -0.2) is 20.9 Å². The third kappa shape index (κ3) is 4.03. The Balaban J connectivity index is 2.26. The summed E-state index contributed by atoms with van der Waals surface area (Å²) in [5.41, 5.74) is 1.82. The molecule has 3 rings (SSSR count). The van der Waals surface area contributed by atoms with Crippen LogP contribution in [0.2, 0.25) is 0 Å². The van der Waals surface area contributed by atoms with E-state index in [1.807, 2.05) is 13.8 Å². The third-order valence-electron chi connectivity index (χ3n) is 6.39. The molecule has 0 bridgehead atoms. The molecule has 0 N–H and O–H groups in total. The van der Waals surface area contributed by atoms with E-state index in [-0.39, 0.29) is 34.5 Å². The molecule has 166 valence electrons. The summed E-state index contributed by atoms with van der Waals surface area (Å²) in [4.78, 5) is 0.0933. The van der Waals surface area contributed by atoms with Crippen LogP contribution in [0.5, 0.6) is 0 Å². The van der Waals surface area contributed by atoms with Gasteiger partial charge in [-0.15, -0.1) is 13.2 Å². The van der Waals surface area contributed by atoms with Crippen molar-refractivity contribution in [1.29, 1.82) is 0 Å². The minimum atomic E-state index is -4.19. The molecule has 2 aromatic carbocycles. The first-order chi connectivity index (χ1) is 14.6.